The fourth-order valence-corrected chi connectivity index (χ4v) is 2.52. The fraction of sp³-hybridized carbons (Fsp3) is 0.111. The van der Waals surface area contributed by atoms with Gasteiger partial charge in [-0.15, -0.1) is 0 Å². The van der Waals surface area contributed by atoms with Gasteiger partial charge in [-0.05, 0) is 35.4 Å². The number of benzene rings is 2. The molecule has 0 saturated heterocycles. The molecule has 0 fully saturated rings. The monoisotopic (exact) mass is 356 g/mol. The van der Waals surface area contributed by atoms with Crippen molar-refractivity contribution in [2.45, 2.75) is 23.6 Å². The third kappa shape index (κ3) is 7.01. The Labute approximate surface area is 149 Å². The smallest absolute Gasteiger partial charge is 0.319 e. The van der Waals surface area contributed by atoms with Gasteiger partial charge in [-0.1, -0.05) is 46.3 Å². The standard InChI is InChI=1S/C18H16N2O4S/c1-13(21)23-19-11-15-3-7-17(8-4-15)25-18-9-5-16(6-10-18)12-20-24-14(2)22/h3-12H,1-2H3. The van der Waals surface area contributed by atoms with E-state index in [1.165, 1.54) is 26.3 Å². The molecule has 0 aliphatic heterocycles. The first-order valence-electron chi connectivity index (χ1n) is 7.33. The molecular formula is C18H16N2O4S. The Morgan fingerprint density at radius 2 is 1.12 bits per heavy atom. The Bertz CT molecular complexity index is 716. The molecule has 7 heteroatoms. The van der Waals surface area contributed by atoms with Gasteiger partial charge in [0.15, 0.2) is 0 Å². The Morgan fingerprint density at radius 3 is 1.44 bits per heavy atom. The molecule has 2 rings (SSSR count). The number of hydrogen-bond acceptors (Lipinski definition) is 7. The van der Waals surface area contributed by atoms with E-state index in [1.54, 1.807) is 11.8 Å². The van der Waals surface area contributed by atoms with Gasteiger partial charge in [0.25, 0.3) is 0 Å². The number of hydrogen-bond donors (Lipinski definition) is 0. The zero-order valence-electron chi connectivity index (χ0n) is 13.7. The van der Waals surface area contributed by atoms with Gasteiger partial charge in [0.05, 0.1) is 12.4 Å². The van der Waals surface area contributed by atoms with Crippen molar-refractivity contribution in [2.24, 2.45) is 10.3 Å². The van der Waals surface area contributed by atoms with Crippen molar-refractivity contribution in [3.05, 3.63) is 59.7 Å². The molecule has 2 aromatic rings. The van der Waals surface area contributed by atoms with Crippen LogP contribution in [-0.2, 0) is 19.3 Å². The third-order valence-electron chi connectivity index (χ3n) is 2.76. The highest BCUT2D eigenvalue weighted by Gasteiger charge is 1.99. The highest BCUT2D eigenvalue weighted by molar-refractivity contribution is 7.99. The zero-order valence-corrected chi connectivity index (χ0v) is 14.5. The first-order chi connectivity index (χ1) is 12.0. The van der Waals surface area contributed by atoms with Gasteiger partial charge in [0, 0.05) is 23.6 Å². The van der Waals surface area contributed by atoms with Crippen molar-refractivity contribution in [3.63, 3.8) is 0 Å². The molecule has 0 bridgehead atoms. The number of rotatable bonds is 6. The number of nitrogens with zero attached hydrogens (tertiary/aromatic N) is 2. The lowest BCUT2D eigenvalue weighted by Crippen LogP contribution is -1.91. The second-order valence-corrected chi connectivity index (χ2v) is 6.02. The Morgan fingerprint density at radius 1 is 0.760 bits per heavy atom. The van der Waals surface area contributed by atoms with Crippen LogP contribution in [0.1, 0.15) is 25.0 Å². The molecule has 0 unspecified atom stereocenters. The van der Waals surface area contributed by atoms with Crippen molar-refractivity contribution in [3.8, 4) is 0 Å². The number of carbonyl (C=O) groups is 2. The number of carbonyl (C=O) groups excluding carboxylic acids is 2. The quantitative estimate of drug-likeness (QED) is 0.449. The number of oxime groups is 2. The van der Waals surface area contributed by atoms with Gasteiger partial charge in [0.2, 0.25) is 0 Å². The average molecular weight is 356 g/mol. The van der Waals surface area contributed by atoms with Gasteiger partial charge in [-0.3, -0.25) is 0 Å². The molecule has 0 amide bonds. The third-order valence-corrected chi connectivity index (χ3v) is 3.78. The summed E-state index contributed by atoms with van der Waals surface area (Å²) in [7, 11) is 0. The van der Waals surface area contributed by atoms with Crippen LogP contribution >= 0.6 is 11.8 Å². The molecule has 25 heavy (non-hydrogen) atoms. The largest absolute Gasteiger partial charge is 0.331 e. The van der Waals surface area contributed by atoms with Gasteiger partial charge in [-0.25, -0.2) is 9.59 Å². The van der Waals surface area contributed by atoms with Crippen LogP contribution in [0.4, 0.5) is 0 Å². The van der Waals surface area contributed by atoms with E-state index in [1.807, 2.05) is 48.5 Å². The Hall–Kier alpha value is -2.93. The predicted octanol–water partition coefficient (Wildman–Crippen LogP) is 3.63. The minimum atomic E-state index is -0.454. The molecule has 0 aliphatic rings. The van der Waals surface area contributed by atoms with Crippen LogP contribution in [0.25, 0.3) is 0 Å². The highest BCUT2D eigenvalue weighted by Crippen LogP contribution is 2.27. The lowest BCUT2D eigenvalue weighted by molar-refractivity contribution is -0.141. The maximum atomic E-state index is 10.6. The summed E-state index contributed by atoms with van der Waals surface area (Å²) in [4.78, 5) is 32.4. The first-order valence-corrected chi connectivity index (χ1v) is 8.14. The lowest BCUT2D eigenvalue weighted by Gasteiger charge is -2.02. The lowest BCUT2D eigenvalue weighted by atomic mass is 10.2. The van der Waals surface area contributed by atoms with Gasteiger partial charge >= 0.3 is 11.9 Å². The van der Waals surface area contributed by atoms with Crippen LogP contribution < -0.4 is 0 Å². The van der Waals surface area contributed by atoms with E-state index in [9.17, 15) is 9.59 Å². The molecule has 0 aromatic heterocycles. The molecule has 0 atom stereocenters. The summed E-state index contributed by atoms with van der Waals surface area (Å²) in [5.74, 6) is -0.908. The molecular weight excluding hydrogens is 340 g/mol. The maximum absolute atomic E-state index is 10.6. The van der Waals surface area contributed by atoms with E-state index in [-0.39, 0.29) is 0 Å². The summed E-state index contributed by atoms with van der Waals surface area (Å²) >= 11 is 1.60. The van der Waals surface area contributed by atoms with Crippen LogP contribution in [0, 0.1) is 0 Å². The molecule has 0 heterocycles. The normalized spacial score (nSPS) is 11.0. The van der Waals surface area contributed by atoms with E-state index in [4.69, 9.17) is 0 Å². The molecule has 0 radical (unpaired) electrons. The molecule has 0 saturated carbocycles. The van der Waals surface area contributed by atoms with Crippen LogP contribution in [0.15, 0.2) is 68.6 Å². The summed E-state index contributed by atoms with van der Waals surface area (Å²) in [5.41, 5.74) is 1.67. The SMILES string of the molecule is CC(=O)ON=Cc1ccc(Sc2ccc(C=NOC(C)=O)cc2)cc1. The fourth-order valence-electron chi connectivity index (χ4n) is 1.70. The van der Waals surface area contributed by atoms with Crippen molar-refractivity contribution in [1.29, 1.82) is 0 Å². The Kier molecular flexibility index (Phi) is 6.91. The maximum Gasteiger partial charge on any atom is 0.331 e. The second kappa shape index (κ2) is 9.39. The summed E-state index contributed by atoms with van der Waals surface area (Å²) < 4.78 is 0. The van der Waals surface area contributed by atoms with Gasteiger partial charge < -0.3 is 9.68 Å². The summed E-state index contributed by atoms with van der Waals surface area (Å²) in [6.07, 6.45) is 2.96. The van der Waals surface area contributed by atoms with Crippen LogP contribution in [0.2, 0.25) is 0 Å². The van der Waals surface area contributed by atoms with Crippen molar-refractivity contribution >= 4 is 36.1 Å². The van der Waals surface area contributed by atoms with E-state index < -0.39 is 11.9 Å². The van der Waals surface area contributed by atoms with Crippen LogP contribution in [0.3, 0.4) is 0 Å². The first kappa shape index (κ1) is 18.4. The van der Waals surface area contributed by atoms with Gasteiger partial charge in [0.1, 0.15) is 0 Å². The predicted molar refractivity (Wildman–Crippen MR) is 95.7 cm³/mol. The summed E-state index contributed by atoms with van der Waals surface area (Å²) in [6, 6.07) is 15.4. The molecule has 0 spiro atoms. The summed E-state index contributed by atoms with van der Waals surface area (Å²) in [5, 5.41) is 7.15. The molecule has 128 valence electrons. The van der Waals surface area contributed by atoms with Crippen LogP contribution in [-0.4, -0.2) is 24.4 Å². The minimum Gasteiger partial charge on any atom is -0.319 e. The minimum absolute atomic E-state index is 0.454. The molecule has 0 N–H and O–H groups in total. The molecule has 6 nitrogen and oxygen atoms in total. The zero-order chi connectivity index (χ0) is 18.1. The second-order valence-electron chi connectivity index (χ2n) is 4.87. The average Bonchev–Trinajstić information content (AvgIpc) is 2.57. The van der Waals surface area contributed by atoms with E-state index in [0.717, 1.165) is 20.9 Å². The van der Waals surface area contributed by atoms with E-state index in [2.05, 4.69) is 20.0 Å². The molecule has 0 aliphatic carbocycles. The van der Waals surface area contributed by atoms with Crippen molar-refractivity contribution in [1.82, 2.24) is 0 Å². The van der Waals surface area contributed by atoms with E-state index >= 15 is 0 Å². The van der Waals surface area contributed by atoms with Gasteiger partial charge in [-0.2, -0.15) is 0 Å². The van der Waals surface area contributed by atoms with Crippen molar-refractivity contribution in [2.75, 3.05) is 0 Å². The molecule has 2 aromatic carbocycles. The topological polar surface area (TPSA) is 77.3 Å². The highest BCUT2D eigenvalue weighted by atomic mass is 32.2. The Balaban J connectivity index is 1.93. The summed E-state index contributed by atoms with van der Waals surface area (Å²) in [6.45, 7) is 2.59. The van der Waals surface area contributed by atoms with E-state index in [0.29, 0.717) is 0 Å². The van der Waals surface area contributed by atoms with Crippen molar-refractivity contribution < 1.29 is 19.3 Å². The van der Waals surface area contributed by atoms with Crippen LogP contribution in [0.5, 0.6) is 0 Å².